The standard InChI is InChI=1S/C28H21N.C16H13N.C7H8.C6H5Br/c1-4-12-22(13-5-1)26-20-10-14-23-15-11-21-27(28(23)26)29(24-16-6-2-7-17-24)25-18-8-3-9-19-25;17-15-11-5-9-13-8-4-10-14(16(13)15)12-6-2-1-3-7-12;1-7-5-3-2-4-6-7;7-6-4-2-1-3-5-6/h1-21H;1-11H,17H2;2-6H,1H3;1-5H. The van der Waals surface area contributed by atoms with Crippen LogP contribution in [0.2, 0.25) is 0 Å². The molecule has 0 aromatic heterocycles. The number of hydrogen-bond acceptors (Lipinski definition) is 2. The molecule has 0 atom stereocenters. The smallest absolute Gasteiger partial charge is 0.0546 e. The molecule has 0 aliphatic carbocycles. The van der Waals surface area contributed by atoms with Gasteiger partial charge >= 0.3 is 0 Å². The summed E-state index contributed by atoms with van der Waals surface area (Å²) in [6, 6.07) is 87.8. The number of hydrogen-bond donors (Lipinski definition) is 1. The van der Waals surface area contributed by atoms with E-state index in [1.165, 1.54) is 49.7 Å². The van der Waals surface area contributed by atoms with Crippen molar-refractivity contribution in [3.63, 3.8) is 0 Å². The van der Waals surface area contributed by atoms with Crippen LogP contribution in [0.4, 0.5) is 22.7 Å². The highest BCUT2D eigenvalue weighted by Crippen LogP contribution is 2.42. The van der Waals surface area contributed by atoms with Crippen molar-refractivity contribution in [2.75, 3.05) is 10.6 Å². The second-order valence-corrected chi connectivity index (χ2v) is 15.0. The molecule has 10 aromatic carbocycles. The van der Waals surface area contributed by atoms with Gasteiger partial charge in [-0.25, -0.2) is 0 Å². The van der Waals surface area contributed by atoms with Crippen molar-refractivity contribution in [1.29, 1.82) is 0 Å². The summed E-state index contributed by atoms with van der Waals surface area (Å²) in [4.78, 5) is 2.34. The first kappa shape index (κ1) is 41.0. The van der Waals surface area contributed by atoms with Gasteiger partial charge in [0.2, 0.25) is 0 Å². The highest BCUT2D eigenvalue weighted by Gasteiger charge is 2.17. The Bertz CT molecular complexity index is 2730. The van der Waals surface area contributed by atoms with E-state index in [2.05, 4.69) is 204 Å². The Morgan fingerprint density at radius 2 is 0.717 bits per heavy atom. The number of benzene rings is 10. The lowest BCUT2D eigenvalue weighted by Crippen LogP contribution is -2.10. The fraction of sp³-hybridized carbons (Fsp3) is 0.0175. The molecular formula is C57H47BrN2. The Kier molecular flexibility index (Phi) is 14.3. The molecule has 292 valence electrons. The molecule has 0 bridgehead atoms. The number of halogens is 1. The van der Waals surface area contributed by atoms with Crippen LogP contribution in [0.5, 0.6) is 0 Å². The van der Waals surface area contributed by atoms with E-state index in [9.17, 15) is 0 Å². The van der Waals surface area contributed by atoms with Crippen LogP contribution in [0.25, 0.3) is 43.8 Å². The van der Waals surface area contributed by atoms with Crippen LogP contribution in [-0.4, -0.2) is 0 Å². The first-order chi connectivity index (χ1) is 29.6. The minimum absolute atomic E-state index is 0.835. The third-order valence-electron chi connectivity index (χ3n) is 9.93. The van der Waals surface area contributed by atoms with Crippen LogP contribution in [0.15, 0.2) is 259 Å². The molecule has 0 saturated carbocycles. The largest absolute Gasteiger partial charge is 0.398 e. The van der Waals surface area contributed by atoms with Crippen molar-refractivity contribution in [3.05, 3.63) is 265 Å². The van der Waals surface area contributed by atoms with E-state index in [1.807, 2.05) is 78.9 Å². The molecule has 0 unspecified atom stereocenters. The number of anilines is 4. The Morgan fingerprint density at radius 1 is 0.350 bits per heavy atom. The number of nitrogens with zero attached hydrogens (tertiary/aromatic N) is 1. The average Bonchev–Trinajstić information content (AvgIpc) is 3.31. The molecule has 0 heterocycles. The second-order valence-electron chi connectivity index (χ2n) is 14.1. The minimum Gasteiger partial charge on any atom is -0.398 e. The van der Waals surface area contributed by atoms with Gasteiger partial charge in [-0.15, -0.1) is 0 Å². The fourth-order valence-electron chi connectivity index (χ4n) is 7.12. The van der Waals surface area contributed by atoms with E-state index >= 15 is 0 Å². The number of para-hydroxylation sites is 2. The molecule has 0 saturated heterocycles. The molecule has 0 aliphatic heterocycles. The van der Waals surface area contributed by atoms with Crippen molar-refractivity contribution >= 4 is 60.2 Å². The molecule has 10 aromatic rings. The predicted octanol–water partition coefficient (Wildman–Crippen LogP) is 16.5. The molecule has 0 spiro atoms. The van der Waals surface area contributed by atoms with Gasteiger partial charge in [0.05, 0.1) is 5.69 Å². The van der Waals surface area contributed by atoms with Crippen LogP contribution >= 0.6 is 15.9 Å². The van der Waals surface area contributed by atoms with Crippen molar-refractivity contribution in [2.45, 2.75) is 6.92 Å². The lowest BCUT2D eigenvalue weighted by atomic mass is 9.96. The van der Waals surface area contributed by atoms with Crippen molar-refractivity contribution in [2.24, 2.45) is 0 Å². The van der Waals surface area contributed by atoms with Gasteiger partial charge in [-0.05, 0) is 88.5 Å². The van der Waals surface area contributed by atoms with Crippen molar-refractivity contribution < 1.29 is 0 Å². The number of nitrogen functional groups attached to an aromatic ring is 1. The molecular weight excluding hydrogens is 793 g/mol. The van der Waals surface area contributed by atoms with Gasteiger partial charge in [-0.2, -0.15) is 0 Å². The average molecular weight is 840 g/mol. The Hall–Kier alpha value is -7.20. The zero-order valence-electron chi connectivity index (χ0n) is 33.7. The van der Waals surface area contributed by atoms with Gasteiger partial charge < -0.3 is 10.6 Å². The molecule has 0 amide bonds. The molecule has 60 heavy (non-hydrogen) atoms. The molecule has 0 aliphatic rings. The highest BCUT2D eigenvalue weighted by atomic mass is 79.9. The summed E-state index contributed by atoms with van der Waals surface area (Å²) in [6.45, 7) is 2.08. The first-order valence-electron chi connectivity index (χ1n) is 20.1. The Balaban J connectivity index is 0.000000146. The third-order valence-corrected chi connectivity index (χ3v) is 10.5. The van der Waals surface area contributed by atoms with E-state index in [0.717, 1.165) is 26.9 Å². The monoisotopic (exact) mass is 838 g/mol. The zero-order valence-corrected chi connectivity index (χ0v) is 35.2. The summed E-state index contributed by atoms with van der Waals surface area (Å²) in [5, 5.41) is 4.82. The number of nitrogens with two attached hydrogens (primary N) is 1. The Morgan fingerprint density at radius 3 is 1.13 bits per heavy atom. The molecule has 0 radical (unpaired) electrons. The van der Waals surface area contributed by atoms with Crippen LogP contribution < -0.4 is 10.6 Å². The normalized spacial score (nSPS) is 10.2. The first-order valence-corrected chi connectivity index (χ1v) is 20.9. The number of fused-ring (bicyclic) bond motifs is 2. The van der Waals surface area contributed by atoms with E-state index in [4.69, 9.17) is 5.73 Å². The molecule has 2 N–H and O–H groups in total. The summed E-state index contributed by atoms with van der Waals surface area (Å²) >= 11 is 3.31. The van der Waals surface area contributed by atoms with Crippen LogP contribution in [0.3, 0.4) is 0 Å². The topological polar surface area (TPSA) is 29.3 Å². The predicted molar refractivity (Wildman–Crippen MR) is 263 cm³/mol. The van der Waals surface area contributed by atoms with Crippen LogP contribution in [0, 0.1) is 6.92 Å². The van der Waals surface area contributed by atoms with E-state index < -0.39 is 0 Å². The van der Waals surface area contributed by atoms with E-state index in [0.29, 0.717) is 0 Å². The highest BCUT2D eigenvalue weighted by molar-refractivity contribution is 9.10. The maximum absolute atomic E-state index is 6.09. The summed E-state index contributed by atoms with van der Waals surface area (Å²) in [6.07, 6.45) is 0. The van der Waals surface area contributed by atoms with Gasteiger partial charge in [0, 0.05) is 32.3 Å². The lowest BCUT2D eigenvalue weighted by Gasteiger charge is -2.27. The van der Waals surface area contributed by atoms with Gasteiger partial charge in [-0.1, -0.05) is 228 Å². The molecule has 3 heteroatoms. The quantitative estimate of drug-likeness (QED) is 0.175. The second kappa shape index (κ2) is 21.0. The van der Waals surface area contributed by atoms with Gasteiger partial charge in [0.15, 0.2) is 0 Å². The number of rotatable bonds is 5. The van der Waals surface area contributed by atoms with Gasteiger partial charge in [0.1, 0.15) is 0 Å². The maximum atomic E-state index is 6.09. The van der Waals surface area contributed by atoms with Gasteiger partial charge in [-0.3, -0.25) is 0 Å². The molecule has 10 rings (SSSR count). The van der Waals surface area contributed by atoms with Crippen molar-refractivity contribution in [1.82, 2.24) is 0 Å². The molecule has 0 fully saturated rings. The van der Waals surface area contributed by atoms with E-state index in [1.54, 1.807) is 0 Å². The third kappa shape index (κ3) is 10.6. The van der Waals surface area contributed by atoms with Crippen molar-refractivity contribution in [3.8, 4) is 22.3 Å². The Labute approximate surface area is 363 Å². The SMILES string of the molecule is Brc1ccccc1.Cc1ccccc1.Nc1cccc2cccc(-c3ccccc3)c12.c1ccc(-c2cccc3cccc(N(c4ccccc4)c4ccccc4)c23)cc1. The van der Waals surface area contributed by atoms with Gasteiger partial charge in [0.25, 0.3) is 0 Å². The molecule has 2 nitrogen and oxygen atoms in total. The van der Waals surface area contributed by atoms with Crippen LogP contribution in [0.1, 0.15) is 5.56 Å². The summed E-state index contributed by atoms with van der Waals surface area (Å²) < 4.78 is 1.13. The lowest BCUT2D eigenvalue weighted by molar-refractivity contribution is 1.30. The number of aryl methyl sites for hydroxylation is 1. The maximum Gasteiger partial charge on any atom is 0.0546 e. The summed E-state index contributed by atoms with van der Waals surface area (Å²) in [7, 11) is 0. The summed E-state index contributed by atoms with van der Waals surface area (Å²) in [5.41, 5.74) is 16.6. The zero-order chi connectivity index (χ0) is 41.4. The summed E-state index contributed by atoms with van der Waals surface area (Å²) in [5.74, 6) is 0. The minimum atomic E-state index is 0.835. The fourth-order valence-corrected chi connectivity index (χ4v) is 7.43. The van der Waals surface area contributed by atoms with E-state index in [-0.39, 0.29) is 0 Å². The van der Waals surface area contributed by atoms with Crippen LogP contribution in [-0.2, 0) is 0 Å².